The van der Waals surface area contributed by atoms with Gasteiger partial charge < -0.3 is 10.8 Å². The van der Waals surface area contributed by atoms with Crippen molar-refractivity contribution in [3.63, 3.8) is 0 Å². The minimum atomic E-state index is -1.05. The highest BCUT2D eigenvalue weighted by Gasteiger charge is 2.10. The predicted molar refractivity (Wildman–Crippen MR) is 55.5 cm³/mol. The lowest BCUT2D eigenvalue weighted by molar-refractivity contribution is 0.0697. The number of aromatic carboxylic acids is 1. The van der Waals surface area contributed by atoms with Crippen LogP contribution in [0.3, 0.4) is 0 Å². The monoisotopic (exact) mass is 211 g/mol. The first-order chi connectivity index (χ1) is 6.56. The van der Waals surface area contributed by atoms with E-state index in [1.54, 1.807) is 12.1 Å². The zero-order valence-corrected chi connectivity index (χ0v) is 8.16. The molecular weight excluding hydrogens is 202 g/mol. The number of carboxylic acid groups (broad SMARTS) is 1. The highest BCUT2D eigenvalue weighted by atomic mass is 35.5. The molecule has 0 fully saturated rings. The predicted octanol–water partition coefficient (Wildman–Crippen LogP) is 2.22. The Morgan fingerprint density at radius 2 is 2.29 bits per heavy atom. The fraction of sp³-hybridized carbons (Fsp3) is 0.100. The van der Waals surface area contributed by atoms with Gasteiger partial charge in [-0.1, -0.05) is 23.7 Å². The molecule has 0 heterocycles. The molecule has 1 aromatic rings. The molecule has 14 heavy (non-hydrogen) atoms. The standard InChI is InChI=1S/C10H10ClNO2/c1-2-9(12)6-3-4-7(10(13)14)8(11)5-6/h2-5,9H,1,12H2,(H,13,14)/t9-/m1/s1. The topological polar surface area (TPSA) is 63.3 Å². The van der Waals surface area contributed by atoms with Crippen LogP contribution in [0.2, 0.25) is 5.02 Å². The lowest BCUT2D eigenvalue weighted by atomic mass is 10.1. The average Bonchev–Trinajstić information content (AvgIpc) is 2.15. The molecule has 74 valence electrons. The second kappa shape index (κ2) is 4.26. The van der Waals surface area contributed by atoms with Crippen molar-refractivity contribution in [3.05, 3.63) is 47.0 Å². The van der Waals surface area contributed by atoms with Gasteiger partial charge in [0.05, 0.1) is 10.6 Å². The molecule has 3 N–H and O–H groups in total. The summed E-state index contributed by atoms with van der Waals surface area (Å²) in [5.74, 6) is -1.05. The summed E-state index contributed by atoms with van der Waals surface area (Å²) in [6.07, 6.45) is 1.56. The number of carboxylic acids is 1. The van der Waals surface area contributed by atoms with Crippen LogP contribution in [0.25, 0.3) is 0 Å². The summed E-state index contributed by atoms with van der Waals surface area (Å²) in [6.45, 7) is 3.54. The molecule has 1 aromatic carbocycles. The maximum atomic E-state index is 10.6. The zero-order chi connectivity index (χ0) is 10.7. The van der Waals surface area contributed by atoms with Crippen LogP contribution in [0.4, 0.5) is 0 Å². The van der Waals surface area contributed by atoms with Crippen LogP contribution in [-0.4, -0.2) is 11.1 Å². The Balaban J connectivity index is 3.12. The van der Waals surface area contributed by atoms with Gasteiger partial charge in [0.25, 0.3) is 0 Å². The van der Waals surface area contributed by atoms with Crippen molar-refractivity contribution < 1.29 is 9.90 Å². The van der Waals surface area contributed by atoms with Crippen LogP contribution < -0.4 is 5.73 Å². The second-order valence-electron chi connectivity index (χ2n) is 2.81. The Morgan fingerprint density at radius 1 is 1.64 bits per heavy atom. The van der Waals surface area contributed by atoms with Gasteiger partial charge >= 0.3 is 5.97 Å². The van der Waals surface area contributed by atoms with Gasteiger partial charge in [0.2, 0.25) is 0 Å². The van der Waals surface area contributed by atoms with E-state index in [1.165, 1.54) is 12.1 Å². The molecule has 0 saturated carbocycles. The molecule has 0 aliphatic carbocycles. The molecule has 3 nitrogen and oxygen atoms in total. The molecule has 0 spiro atoms. The van der Waals surface area contributed by atoms with Crippen molar-refractivity contribution in [2.24, 2.45) is 5.73 Å². The van der Waals surface area contributed by atoms with Gasteiger partial charge in [-0.25, -0.2) is 4.79 Å². The second-order valence-corrected chi connectivity index (χ2v) is 3.21. The van der Waals surface area contributed by atoms with Crippen LogP contribution in [-0.2, 0) is 0 Å². The molecule has 0 unspecified atom stereocenters. The van der Waals surface area contributed by atoms with E-state index >= 15 is 0 Å². The Kier molecular flexibility index (Phi) is 3.28. The number of nitrogens with two attached hydrogens (primary N) is 1. The van der Waals surface area contributed by atoms with E-state index in [0.717, 1.165) is 5.56 Å². The minimum Gasteiger partial charge on any atom is -0.478 e. The third-order valence-electron chi connectivity index (χ3n) is 1.86. The van der Waals surface area contributed by atoms with E-state index in [1.807, 2.05) is 0 Å². The fourth-order valence-corrected chi connectivity index (χ4v) is 1.32. The number of hydrogen-bond acceptors (Lipinski definition) is 2. The first kappa shape index (κ1) is 10.8. The van der Waals surface area contributed by atoms with Gasteiger partial charge in [-0.2, -0.15) is 0 Å². The third-order valence-corrected chi connectivity index (χ3v) is 2.18. The van der Waals surface area contributed by atoms with Gasteiger partial charge in [-0.15, -0.1) is 6.58 Å². The molecule has 0 aliphatic heterocycles. The average molecular weight is 212 g/mol. The van der Waals surface area contributed by atoms with E-state index < -0.39 is 5.97 Å². The van der Waals surface area contributed by atoms with Crippen molar-refractivity contribution >= 4 is 17.6 Å². The summed E-state index contributed by atoms with van der Waals surface area (Å²) in [5, 5.41) is 8.90. The largest absolute Gasteiger partial charge is 0.478 e. The normalized spacial score (nSPS) is 12.1. The number of benzene rings is 1. The SMILES string of the molecule is C=C[C@@H](N)c1ccc(C(=O)O)c(Cl)c1. The van der Waals surface area contributed by atoms with Gasteiger partial charge in [-0.3, -0.25) is 0 Å². The first-order valence-electron chi connectivity index (χ1n) is 3.97. The third kappa shape index (κ3) is 2.13. The van der Waals surface area contributed by atoms with Crippen molar-refractivity contribution in [2.75, 3.05) is 0 Å². The van der Waals surface area contributed by atoms with E-state index in [0.29, 0.717) is 0 Å². The summed E-state index contributed by atoms with van der Waals surface area (Å²) in [4.78, 5) is 10.6. The lowest BCUT2D eigenvalue weighted by Crippen LogP contribution is -2.07. The maximum Gasteiger partial charge on any atom is 0.337 e. The van der Waals surface area contributed by atoms with Crippen LogP contribution in [0.15, 0.2) is 30.9 Å². The molecule has 1 atom stereocenters. The highest BCUT2D eigenvalue weighted by molar-refractivity contribution is 6.33. The number of carbonyl (C=O) groups is 1. The van der Waals surface area contributed by atoms with Crippen molar-refractivity contribution in [1.29, 1.82) is 0 Å². The zero-order valence-electron chi connectivity index (χ0n) is 7.40. The summed E-state index contributed by atoms with van der Waals surface area (Å²) >= 11 is 5.75. The van der Waals surface area contributed by atoms with Crippen LogP contribution in [0.1, 0.15) is 22.0 Å². The summed E-state index contributed by atoms with van der Waals surface area (Å²) in [7, 11) is 0. The van der Waals surface area contributed by atoms with Crippen molar-refractivity contribution in [3.8, 4) is 0 Å². The lowest BCUT2D eigenvalue weighted by Gasteiger charge is -2.07. The Hall–Kier alpha value is -1.32. The van der Waals surface area contributed by atoms with E-state index in [4.69, 9.17) is 22.4 Å². The molecule has 0 aliphatic rings. The van der Waals surface area contributed by atoms with Crippen LogP contribution in [0, 0.1) is 0 Å². The van der Waals surface area contributed by atoms with Crippen LogP contribution >= 0.6 is 11.6 Å². The molecule has 4 heteroatoms. The summed E-state index contributed by atoms with van der Waals surface area (Å²) in [5.41, 5.74) is 6.49. The molecular formula is C10H10ClNO2. The maximum absolute atomic E-state index is 10.6. The number of halogens is 1. The van der Waals surface area contributed by atoms with Gasteiger partial charge in [-0.05, 0) is 17.7 Å². The summed E-state index contributed by atoms with van der Waals surface area (Å²) in [6, 6.07) is 4.28. The molecule has 0 bridgehead atoms. The molecule has 0 amide bonds. The highest BCUT2D eigenvalue weighted by Crippen LogP contribution is 2.21. The first-order valence-corrected chi connectivity index (χ1v) is 4.35. The fourth-order valence-electron chi connectivity index (χ4n) is 1.05. The molecule has 0 aromatic heterocycles. The van der Waals surface area contributed by atoms with Gasteiger partial charge in [0, 0.05) is 6.04 Å². The number of hydrogen-bond donors (Lipinski definition) is 2. The minimum absolute atomic E-state index is 0.0756. The smallest absolute Gasteiger partial charge is 0.337 e. The molecule has 0 radical (unpaired) electrons. The van der Waals surface area contributed by atoms with E-state index in [2.05, 4.69) is 6.58 Å². The molecule has 1 rings (SSSR count). The van der Waals surface area contributed by atoms with Gasteiger partial charge in [0.1, 0.15) is 0 Å². The quantitative estimate of drug-likeness (QED) is 0.754. The van der Waals surface area contributed by atoms with Crippen molar-refractivity contribution in [1.82, 2.24) is 0 Å². The van der Waals surface area contributed by atoms with E-state index in [-0.39, 0.29) is 16.6 Å². The van der Waals surface area contributed by atoms with E-state index in [9.17, 15) is 4.79 Å². The number of rotatable bonds is 3. The van der Waals surface area contributed by atoms with Crippen molar-refractivity contribution in [2.45, 2.75) is 6.04 Å². The van der Waals surface area contributed by atoms with Gasteiger partial charge in [0.15, 0.2) is 0 Å². The Bertz CT molecular complexity index is 376. The summed E-state index contributed by atoms with van der Waals surface area (Å²) < 4.78 is 0. The molecule has 0 saturated heterocycles. The Morgan fingerprint density at radius 3 is 2.71 bits per heavy atom. The van der Waals surface area contributed by atoms with Crippen LogP contribution in [0.5, 0.6) is 0 Å². The Labute approximate surface area is 86.8 Å².